The topological polar surface area (TPSA) is 24.9 Å². The van der Waals surface area contributed by atoms with Gasteiger partial charge in [-0.15, -0.1) is 0 Å². The Bertz CT molecular complexity index is 546. The summed E-state index contributed by atoms with van der Waals surface area (Å²) in [7, 11) is 1.67. The van der Waals surface area contributed by atoms with Crippen LogP contribution in [0.3, 0.4) is 0 Å². The largest absolute Gasteiger partial charge is 0.389 e. The minimum atomic E-state index is -4.13. The highest BCUT2D eigenvalue weighted by molar-refractivity contribution is 5.85. The van der Waals surface area contributed by atoms with Crippen LogP contribution in [0.15, 0.2) is 36.7 Å². The van der Waals surface area contributed by atoms with Crippen molar-refractivity contribution in [2.75, 3.05) is 7.05 Å². The van der Waals surface area contributed by atoms with Gasteiger partial charge in [0.1, 0.15) is 0 Å². The lowest BCUT2D eigenvalue weighted by Gasteiger charge is -2.19. The van der Waals surface area contributed by atoms with Crippen LogP contribution in [-0.2, 0) is 0 Å². The summed E-state index contributed by atoms with van der Waals surface area (Å²) in [5, 5.41) is 4.82. The van der Waals surface area contributed by atoms with Gasteiger partial charge in [-0.05, 0) is 24.4 Å². The van der Waals surface area contributed by atoms with Crippen molar-refractivity contribution in [2.24, 2.45) is 0 Å². The van der Waals surface area contributed by atoms with Gasteiger partial charge in [0.25, 0.3) is 0 Å². The second kappa shape index (κ2) is 5.57. The number of benzene rings is 1. The third-order valence-corrected chi connectivity index (χ3v) is 3.14. The minimum Gasteiger partial charge on any atom is -0.313 e. The Kier molecular flexibility index (Phi) is 4.04. The van der Waals surface area contributed by atoms with Gasteiger partial charge in [0.2, 0.25) is 0 Å². The van der Waals surface area contributed by atoms with Crippen molar-refractivity contribution in [3.8, 4) is 0 Å². The molecule has 0 saturated carbocycles. The molecule has 0 spiro atoms. The molecule has 1 heterocycles. The van der Waals surface area contributed by atoms with Gasteiger partial charge in [0, 0.05) is 30.2 Å². The maximum absolute atomic E-state index is 12.3. The van der Waals surface area contributed by atoms with E-state index in [1.54, 1.807) is 19.4 Å². The summed E-state index contributed by atoms with van der Waals surface area (Å²) in [6.45, 7) is 0. The molecule has 1 aromatic heterocycles. The molecule has 1 atom stereocenters. The highest BCUT2D eigenvalue weighted by atomic mass is 19.4. The van der Waals surface area contributed by atoms with E-state index in [-0.39, 0.29) is 12.5 Å². The van der Waals surface area contributed by atoms with Crippen molar-refractivity contribution >= 4 is 10.8 Å². The third kappa shape index (κ3) is 3.44. The third-order valence-electron chi connectivity index (χ3n) is 3.14. The summed E-state index contributed by atoms with van der Waals surface area (Å²) in [6, 6.07) is 7.23. The number of hydrogen-bond donors (Lipinski definition) is 1. The van der Waals surface area contributed by atoms with E-state index in [0.29, 0.717) is 0 Å². The van der Waals surface area contributed by atoms with E-state index in [9.17, 15) is 13.2 Å². The molecule has 2 aromatic rings. The van der Waals surface area contributed by atoms with Crippen LogP contribution in [0.1, 0.15) is 24.4 Å². The van der Waals surface area contributed by atoms with E-state index in [1.165, 1.54) is 0 Å². The molecule has 0 amide bonds. The van der Waals surface area contributed by atoms with Crippen LogP contribution < -0.4 is 5.32 Å². The van der Waals surface area contributed by atoms with Crippen molar-refractivity contribution in [1.29, 1.82) is 0 Å². The quantitative estimate of drug-likeness (QED) is 0.911. The number of halogens is 3. The van der Waals surface area contributed by atoms with Crippen molar-refractivity contribution in [3.05, 3.63) is 42.2 Å². The Hall–Kier alpha value is -1.62. The van der Waals surface area contributed by atoms with E-state index < -0.39 is 12.6 Å². The molecule has 0 aliphatic heterocycles. The summed E-state index contributed by atoms with van der Waals surface area (Å²) >= 11 is 0. The standard InChI is InChI=1S/C14H15F3N2/c1-18-13(6-7-14(15,16)17)12-9-19-8-10-4-2-3-5-11(10)12/h2-5,8-9,13,18H,6-7H2,1H3. The summed E-state index contributed by atoms with van der Waals surface area (Å²) in [6.07, 6.45) is -1.57. The number of nitrogens with one attached hydrogen (secondary N) is 1. The lowest BCUT2D eigenvalue weighted by atomic mass is 9.98. The molecular formula is C14H15F3N2. The number of hydrogen-bond acceptors (Lipinski definition) is 2. The fourth-order valence-electron chi connectivity index (χ4n) is 2.18. The minimum absolute atomic E-state index is 0.00961. The molecule has 5 heteroatoms. The second-order valence-electron chi connectivity index (χ2n) is 4.44. The molecule has 1 N–H and O–H groups in total. The number of fused-ring (bicyclic) bond motifs is 1. The molecule has 2 nitrogen and oxygen atoms in total. The number of nitrogens with zero attached hydrogens (tertiary/aromatic N) is 1. The van der Waals surface area contributed by atoms with Gasteiger partial charge < -0.3 is 5.32 Å². The lowest BCUT2D eigenvalue weighted by Crippen LogP contribution is -2.20. The van der Waals surface area contributed by atoms with E-state index in [1.807, 2.05) is 24.3 Å². The average Bonchev–Trinajstić information content (AvgIpc) is 2.38. The number of rotatable bonds is 4. The zero-order valence-electron chi connectivity index (χ0n) is 10.5. The fourth-order valence-corrected chi connectivity index (χ4v) is 2.18. The SMILES string of the molecule is CNC(CCC(F)(F)F)c1cncc2ccccc12. The first-order chi connectivity index (χ1) is 9.01. The first-order valence-electron chi connectivity index (χ1n) is 6.08. The Morgan fingerprint density at radius 2 is 1.95 bits per heavy atom. The number of pyridine rings is 1. The van der Waals surface area contributed by atoms with Gasteiger partial charge in [0.15, 0.2) is 0 Å². The molecule has 0 saturated heterocycles. The highest BCUT2D eigenvalue weighted by Gasteiger charge is 2.28. The number of aromatic nitrogens is 1. The molecule has 2 rings (SSSR count). The molecule has 0 aliphatic rings. The predicted octanol–water partition coefficient (Wildman–Crippen LogP) is 3.84. The van der Waals surface area contributed by atoms with Gasteiger partial charge in [-0.2, -0.15) is 13.2 Å². The van der Waals surface area contributed by atoms with Crippen molar-refractivity contribution in [3.63, 3.8) is 0 Å². The van der Waals surface area contributed by atoms with Crippen LogP contribution in [0.2, 0.25) is 0 Å². The average molecular weight is 268 g/mol. The fraction of sp³-hybridized carbons (Fsp3) is 0.357. The van der Waals surface area contributed by atoms with E-state index in [4.69, 9.17) is 0 Å². The predicted molar refractivity (Wildman–Crippen MR) is 68.8 cm³/mol. The maximum atomic E-state index is 12.3. The Balaban J connectivity index is 2.30. The molecule has 0 bridgehead atoms. The monoisotopic (exact) mass is 268 g/mol. The highest BCUT2D eigenvalue weighted by Crippen LogP contribution is 2.30. The molecule has 102 valence electrons. The van der Waals surface area contributed by atoms with Crippen molar-refractivity contribution < 1.29 is 13.2 Å². The van der Waals surface area contributed by atoms with E-state index >= 15 is 0 Å². The molecule has 0 fully saturated rings. The molecule has 19 heavy (non-hydrogen) atoms. The Morgan fingerprint density at radius 1 is 1.21 bits per heavy atom. The van der Waals surface area contributed by atoms with Crippen LogP contribution >= 0.6 is 0 Å². The molecular weight excluding hydrogens is 253 g/mol. The first-order valence-corrected chi connectivity index (χ1v) is 6.08. The number of alkyl halides is 3. The first kappa shape index (κ1) is 13.8. The summed E-state index contributed by atoms with van der Waals surface area (Å²) in [4.78, 5) is 4.10. The lowest BCUT2D eigenvalue weighted by molar-refractivity contribution is -0.136. The van der Waals surface area contributed by atoms with Crippen molar-refractivity contribution in [2.45, 2.75) is 25.1 Å². The van der Waals surface area contributed by atoms with Gasteiger partial charge in [-0.3, -0.25) is 4.98 Å². The summed E-state index contributed by atoms with van der Waals surface area (Å²) < 4.78 is 37.0. The van der Waals surface area contributed by atoms with Crippen molar-refractivity contribution in [1.82, 2.24) is 10.3 Å². The summed E-state index contributed by atoms with van der Waals surface area (Å²) in [5.41, 5.74) is 0.810. The second-order valence-corrected chi connectivity index (χ2v) is 4.44. The Morgan fingerprint density at radius 3 is 2.63 bits per heavy atom. The van der Waals surface area contributed by atoms with E-state index in [0.717, 1.165) is 16.3 Å². The van der Waals surface area contributed by atoms with Gasteiger partial charge in [0.05, 0.1) is 0 Å². The molecule has 1 aromatic carbocycles. The molecule has 0 aliphatic carbocycles. The molecule has 0 radical (unpaired) electrons. The van der Waals surface area contributed by atoms with Crippen LogP contribution in [0.5, 0.6) is 0 Å². The van der Waals surface area contributed by atoms with Crippen LogP contribution in [0, 0.1) is 0 Å². The normalized spacial score (nSPS) is 13.7. The smallest absolute Gasteiger partial charge is 0.313 e. The van der Waals surface area contributed by atoms with Crippen LogP contribution in [0.25, 0.3) is 10.8 Å². The van der Waals surface area contributed by atoms with Gasteiger partial charge >= 0.3 is 6.18 Å². The Labute approximate surface area is 109 Å². The maximum Gasteiger partial charge on any atom is 0.389 e. The summed E-state index contributed by atoms with van der Waals surface area (Å²) in [5.74, 6) is 0. The zero-order valence-corrected chi connectivity index (χ0v) is 10.5. The van der Waals surface area contributed by atoms with Gasteiger partial charge in [-0.25, -0.2) is 0 Å². The van der Waals surface area contributed by atoms with Crippen LogP contribution in [-0.4, -0.2) is 18.2 Å². The van der Waals surface area contributed by atoms with Crippen LogP contribution in [0.4, 0.5) is 13.2 Å². The molecule has 1 unspecified atom stereocenters. The zero-order chi connectivity index (χ0) is 13.9. The van der Waals surface area contributed by atoms with Gasteiger partial charge in [-0.1, -0.05) is 24.3 Å². The van der Waals surface area contributed by atoms with E-state index in [2.05, 4.69) is 10.3 Å².